The van der Waals surface area contributed by atoms with Crippen LogP contribution in [0, 0.1) is 12.7 Å². The summed E-state index contributed by atoms with van der Waals surface area (Å²) < 4.78 is 13.2. The van der Waals surface area contributed by atoms with Crippen molar-refractivity contribution in [1.29, 1.82) is 0 Å². The first-order chi connectivity index (χ1) is 5.69. The molecular weight excluding hydrogens is 153 g/mol. The molecule has 1 rings (SSSR count). The molecule has 1 N–H and O–H groups in total. The summed E-state index contributed by atoms with van der Waals surface area (Å²) in [5.74, 6) is -0.167. The molecule has 0 unspecified atom stereocenters. The van der Waals surface area contributed by atoms with E-state index in [0.717, 1.165) is 17.5 Å². The van der Waals surface area contributed by atoms with Crippen LogP contribution < -0.4 is 5.32 Å². The molecule has 0 bridgehead atoms. The van der Waals surface area contributed by atoms with Gasteiger partial charge >= 0.3 is 0 Å². The second kappa shape index (κ2) is 3.57. The Balaban J connectivity index is 3.16. The number of anilines is 1. The topological polar surface area (TPSA) is 12.0 Å². The fraction of sp³-hybridized carbons (Fsp3) is 0.400. The first-order valence-electron chi connectivity index (χ1n) is 4.15. The third-order valence-electron chi connectivity index (χ3n) is 2.08. The van der Waals surface area contributed by atoms with Crippen LogP contribution in [-0.4, -0.2) is 7.05 Å². The zero-order valence-corrected chi connectivity index (χ0v) is 7.74. The molecule has 0 aliphatic rings. The molecule has 66 valence electrons. The van der Waals surface area contributed by atoms with Crippen LogP contribution in [0.5, 0.6) is 0 Å². The van der Waals surface area contributed by atoms with E-state index < -0.39 is 0 Å². The molecule has 2 heteroatoms. The first kappa shape index (κ1) is 9.04. The fourth-order valence-electron chi connectivity index (χ4n) is 1.30. The summed E-state index contributed by atoms with van der Waals surface area (Å²) in [4.78, 5) is 0. The van der Waals surface area contributed by atoms with Gasteiger partial charge in [0.2, 0.25) is 0 Å². The maximum Gasteiger partial charge on any atom is 0.146 e. The van der Waals surface area contributed by atoms with Crippen molar-refractivity contribution in [2.75, 3.05) is 12.4 Å². The molecule has 0 aliphatic carbocycles. The van der Waals surface area contributed by atoms with Gasteiger partial charge in [0.1, 0.15) is 5.82 Å². The summed E-state index contributed by atoms with van der Waals surface area (Å²) in [6.07, 6.45) is 0.882. The Labute approximate surface area is 72.6 Å². The molecule has 0 aliphatic heterocycles. The Kier molecular flexibility index (Phi) is 2.69. The molecule has 0 heterocycles. The number of hydrogen-bond acceptors (Lipinski definition) is 1. The molecule has 0 amide bonds. The van der Waals surface area contributed by atoms with Gasteiger partial charge in [0.15, 0.2) is 0 Å². The zero-order valence-electron chi connectivity index (χ0n) is 7.74. The van der Waals surface area contributed by atoms with Crippen LogP contribution in [0.3, 0.4) is 0 Å². The first-order valence-corrected chi connectivity index (χ1v) is 4.15. The second-order valence-electron chi connectivity index (χ2n) is 2.86. The summed E-state index contributed by atoms with van der Waals surface area (Å²) in [7, 11) is 1.73. The minimum Gasteiger partial charge on any atom is -0.386 e. The Morgan fingerprint density at radius 1 is 1.42 bits per heavy atom. The van der Waals surface area contributed by atoms with Crippen molar-refractivity contribution in [2.24, 2.45) is 0 Å². The van der Waals surface area contributed by atoms with Gasteiger partial charge in [-0.15, -0.1) is 0 Å². The Morgan fingerprint density at radius 3 is 2.58 bits per heavy atom. The molecule has 0 fully saturated rings. The zero-order chi connectivity index (χ0) is 9.14. The van der Waals surface area contributed by atoms with Gasteiger partial charge in [0, 0.05) is 7.05 Å². The molecule has 0 aromatic heterocycles. The number of halogens is 1. The largest absolute Gasteiger partial charge is 0.386 e. The van der Waals surface area contributed by atoms with Gasteiger partial charge in [-0.25, -0.2) is 4.39 Å². The highest BCUT2D eigenvalue weighted by atomic mass is 19.1. The number of aryl methyl sites for hydroxylation is 2. The number of rotatable bonds is 2. The Bertz CT molecular complexity index is 252. The van der Waals surface area contributed by atoms with E-state index in [0.29, 0.717) is 5.69 Å². The van der Waals surface area contributed by atoms with Crippen molar-refractivity contribution in [3.8, 4) is 0 Å². The van der Waals surface area contributed by atoms with Crippen LogP contribution in [0.2, 0.25) is 0 Å². The molecule has 1 aromatic carbocycles. The summed E-state index contributed by atoms with van der Waals surface area (Å²) in [6.45, 7) is 4.03. The van der Waals surface area contributed by atoms with E-state index in [2.05, 4.69) is 5.32 Å². The minimum absolute atomic E-state index is 0.167. The standard InChI is InChI=1S/C10H14FN/c1-4-8-6-9(11)10(12-3)5-7(8)2/h5-6,12H,4H2,1-3H3. The van der Waals surface area contributed by atoms with E-state index in [-0.39, 0.29) is 5.82 Å². The molecule has 12 heavy (non-hydrogen) atoms. The van der Waals surface area contributed by atoms with Crippen molar-refractivity contribution in [3.05, 3.63) is 29.1 Å². The van der Waals surface area contributed by atoms with Crippen LogP contribution in [-0.2, 0) is 6.42 Å². The smallest absolute Gasteiger partial charge is 0.146 e. The SMILES string of the molecule is CCc1cc(F)c(NC)cc1C. The van der Waals surface area contributed by atoms with E-state index in [4.69, 9.17) is 0 Å². The molecule has 1 nitrogen and oxygen atoms in total. The summed E-state index contributed by atoms with van der Waals surface area (Å²) in [5, 5.41) is 2.81. The van der Waals surface area contributed by atoms with Gasteiger partial charge in [0.25, 0.3) is 0 Å². The van der Waals surface area contributed by atoms with Crippen molar-refractivity contribution in [1.82, 2.24) is 0 Å². The average molecular weight is 167 g/mol. The average Bonchev–Trinajstić information content (AvgIpc) is 2.08. The van der Waals surface area contributed by atoms with Crippen molar-refractivity contribution in [2.45, 2.75) is 20.3 Å². The van der Waals surface area contributed by atoms with Gasteiger partial charge < -0.3 is 5.32 Å². The van der Waals surface area contributed by atoms with Gasteiger partial charge in [-0.3, -0.25) is 0 Å². The molecule has 0 radical (unpaired) electrons. The van der Waals surface area contributed by atoms with E-state index >= 15 is 0 Å². The Hall–Kier alpha value is -1.05. The number of benzene rings is 1. The van der Waals surface area contributed by atoms with Crippen LogP contribution in [0.25, 0.3) is 0 Å². The van der Waals surface area contributed by atoms with Gasteiger partial charge in [0.05, 0.1) is 5.69 Å². The fourth-order valence-corrected chi connectivity index (χ4v) is 1.30. The lowest BCUT2D eigenvalue weighted by Gasteiger charge is -2.07. The van der Waals surface area contributed by atoms with E-state index in [1.54, 1.807) is 13.1 Å². The highest BCUT2D eigenvalue weighted by Crippen LogP contribution is 2.19. The number of nitrogens with one attached hydrogen (secondary N) is 1. The molecule has 0 atom stereocenters. The predicted octanol–water partition coefficient (Wildman–Crippen LogP) is 2.74. The molecule has 0 saturated heterocycles. The number of hydrogen-bond donors (Lipinski definition) is 1. The van der Waals surface area contributed by atoms with Crippen LogP contribution in [0.15, 0.2) is 12.1 Å². The highest BCUT2D eigenvalue weighted by Gasteiger charge is 2.03. The quantitative estimate of drug-likeness (QED) is 0.714. The van der Waals surface area contributed by atoms with Crippen molar-refractivity contribution >= 4 is 5.69 Å². The van der Waals surface area contributed by atoms with E-state index in [9.17, 15) is 4.39 Å². The lowest BCUT2D eigenvalue weighted by Crippen LogP contribution is -1.96. The molecule has 1 aromatic rings. The summed E-state index contributed by atoms with van der Waals surface area (Å²) >= 11 is 0. The van der Waals surface area contributed by atoms with Crippen LogP contribution in [0.4, 0.5) is 10.1 Å². The lowest BCUT2D eigenvalue weighted by molar-refractivity contribution is 0.628. The van der Waals surface area contributed by atoms with E-state index in [1.807, 2.05) is 19.9 Å². The maximum atomic E-state index is 13.2. The monoisotopic (exact) mass is 167 g/mol. The van der Waals surface area contributed by atoms with Gasteiger partial charge in [-0.1, -0.05) is 6.92 Å². The van der Waals surface area contributed by atoms with Crippen LogP contribution >= 0.6 is 0 Å². The molecule has 0 spiro atoms. The van der Waals surface area contributed by atoms with Crippen molar-refractivity contribution < 1.29 is 4.39 Å². The molecule has 0 saturated carbocycles. The van der Waals surface area contributed by atoms with Gasteiger partial charge in [-0.05, 0) is 36.6 Å². The lowest BCUT2D eigenvalue weighted by atomic mass is 10.1. The van der Waals surface area contributed by atoms with E-state index in [1.165, 1.54) is 0 Å². The Morgan fingerprint density at radius 2 is 2.08 bits per heavy atom. The van der Waals surface area contributed by atoms with Crippen LogP contribution in [0.1, 0.15) is 18.1 Å². The maximum absolute atomic E-state index is 13.2. The minimum atomic E-state index is -0.167. The molecular formula is C10H14FN. The third-order valence-corrected chi connectivity index (χ3v) is 2.08. The highest BCUT2D eigenvalue weighted by molar-refractivity contribution is 5.49. The third kappa shape index (κ3) is 1.58. The predicted molar refractivity (Wildman–Crippen MR) is 50.1 cm³/mol. The second-order valence-corrected chi connectivity index (χ2v) is 2.86. The normalized spacial score (nSPS) is 10.0. The van der Waals surface area contributed by atoms with Crippen molar-refractivity contribution in [3.63, 3.8) is 0 Å². The van der Waals surface area contributed by atoms with Gasteiger partial charge in [-0.2, -0.15) is 0 Å². The summed E-state index contributed by atoms with van der Waals surface area (Å²) in [5.41, 5.74) is 2.79. The summed E-state index contributed by atoms with van der Waals surface area (Å²) in [6, 6.07) is 3.44.